The number of nitrogen functional groups attached to an aromatic ring is 1. The molecule has 2 aromatic carbocycles. The van der Waals surface area contributed by atoms with E-state index in [0.717, 1.165) is 23.2 Å². The van der Waals surface area contributed by atoms with E-state index in [2.05, 4.69) is 14.8 Å². The van der Waals surface area contributed by atoms with Crippen molar-refractivity contribution in [2.45, 2.75) is 13.1 Å². The summed E-state index contributed by atoms with van der Waals surface area (Å²) in [6.45, 7) is 0.642. The van der Waals surface area contributed by atoms with Gasteiger partial charge in [0, 0.05) is 0 Å². The number of benzene rings is 2. The Hall–Kier alpha value is -4.15. The van der Waals surface area contributed by atoms with Crippen molar-refractivity contribution >= 4 is 29.7 Å². The molecule has 0 radical (unpaired) electrons. The number of ether oxygens (including phenoxy) is 1. The normalized spacial score (nSPS) is 11.5. The van der Waals surface area contributed by atoms with E-state index in [1.807, 2.05) is 0 Å². The number of hydrazone groups is 1. The van der Waals surface area contributed by atoms with Gasteiger partial charge in [-0.05, 0) is 30.7 Å². The number of hydrogen-bond donors (Lipinski definition) is 1. The molecule has 1 heterocycles. The highest BCUT2D eigenvalue weighted by molar-refractivity contribution is 5.99. The molecule has 0 fully saturated rings. The SMILES string of the molecule is Cc1noc(N)c1C(=O)OCC(=O)N(/N=C/c1ccccc1)c1cccc(C(F)(F)F)c1. The largest absolute Gasteiger partial charge is 0.452 e. The van der Waals surface area contributed by atoms with E-state index in [4.69, 9.17) is 10.5 Å². The quantitative estimate of drug-likeness (QED) is 0.350. The number of nitrogens with zero attached hydrogens (tertiary/aromatic N) is 3. The zero-order chi connectivity index (χ0) is 23.3. The summed E-state index contributed by atoms with van der Waals surface area (Å²) in [6.07, 6.45) is -3.33. The molecule has 1 amide bonds. The summed E-state index contributed by atoms with van der Waals surface area (Å²) in [5.41, 5.74) is 5.01. The first kappa shape index (κ1) is 22.5. The van der Waals surface area contributed by atoms with Crippen molar-refractivity contribution in [3.05, 3.63) is 77.0 Å². The van der Waals surface area contributed by atoms with Gasteiger partial charge in [0.1, 0.15) is 5.56 Å². The Morgan fingerprint density at radius 2 is 1.91 bits per heavy atom. The smallest absolute Gasteiger partial charge is 0.416 e. The minimum absolute atomic E-state index is 0.142. The lowest BCUT2D eigenvalue weighted by molar-refractivity contribution is -0.137. The molecule has 0 aliphatic carbocycles. The fourth-order valence-electron chi connectivity index (χ4n) is 2.65. The number of nitrogens with two attached hydrogens (primary N) is 1. The van der Waals surface area contributed by atoms with Crippen LogP contribution < -0.4 is 10.7 Å². The summed E-state index contributed by atoms with van der Waals surface area (Å²) < 4.78 is 49.0. The van der Waals surface area contributed by atoms with Crippen LogP contribution in [0, 0.1) is 6.92 Å². The molecule has 0 unspecified atom stereocenters. The molecule has 8 nitrogen and oxygen atoms in total. The van der Waals surface area contributed by atoms with Crippen LogP contribution in [-0.4, -0.2) is 29.9 Å². The molecular weight excluding hydrogens is 429 g/mol. The lowest BCUT2D eigenvalue weighted by Crippen LogP contribution is -2.31. The van der Waals surface area contributed by atoms with Gasteiger partial charge in [0.25, 0.3) is 5.91 Å². The maximum atomic E-state index is 13.1. The topological polar surface area (TPSA) is 111 Å². The summed E-state index contributed by atoms with van der Waals surface area (Å²) in [6, 6.07) is 12.7. The highest BCUT2D eigenvalue weighted by atomic mass is 19.4. The fourth-order valence-corrected chi connectivity index (χ4v) is 2.65. The highest BCUT2D eigenvalue weighted by Gasteiger charge is 2.31. The zero-order valence-electron chi connectivity index (χ0n) is 16.7. The predicted octanol–water partition coefficient (Wildman–Crippen LogP) is 3.81. The minimum atomic E-state index is -4.62. The van der Waals surface area contributed by atoms with Crippen molar-refractivity contribution in [1.82, 2.24) is 5.16 Å². The van der Waals surface area contributed by atoms with Crippen LogP contribution in [-0.2, 0) is 15.7 Å². The van der Waals surface area contributed by atoms with Crippen molar-refractivity contribution < 1.29 is 32.0 Å². The Morgan fingerprint density at radius 1 is 1.19 bits per heavy atom. The second-order valence-corrected chi connectivity index (χ2v) is 6.49. The van der Waals surface area contributed by atoms with Gasteiger partial charge in [-0.2, -0.15) is 23.3 Å². The van der Waals surface area contributed by atoms with E-state index in [-0.39, 0.29) is 22.8 Å². The Bertz CT molecular complexity index is 1120. The molecule has 1 aromatic heterocycles. The lowest BCUT2D eigenvalue weighted by atomic mass is 10.2. The van der Waals surface area contributed by atoms with Crippen LogP contribution >= 0.6 is 0 Å². The van der Waals surface area contributed by atoms with Gasteiger partial charge in [-0.1, -0.05) is 41.6 Å². The number of alkyl halides is 3. The molecule has 0 atom stereocenters. The predicted molar refractivity (Wildman–Crippen MR) is 109 cm³/mol. The average Bonchev–Trinajstić information content (AvgIpc) is 3.10. The van der Waals surface area contributed by atoms with Crippen LogP contribution in [0.4, 0.5) is 24.7 Å². The zero-order valence-corrected chi connectivity index (χ0v) is 16.7. The van der Waals surface area contributed by atoms with Crippen LogP contribution in [0.25, 0.3) is 0 Å². The third-order valence-corrected chi connectivity index (χ3v) is 4.20. The lowest BCUT2D eigenvalue weighted by Gasteiger charge is -2.18. The maximum absolute atomic E-state index is 13.1. The number of aryl methyl sites for hydroxylation is 1. The van der Waals surface area contributed by atoms with Gasteiger partial charge in [-0.15, -0.1) is 0 Å². The maximum Gasteiger partial charge on any atom is 0.416 e. The molecule has 32 heavy (non-hydrogen) atoms. The third kappa shape index (κ3) is 5.31. The van der Waals surface area contributed by atoms with E-state index in [0.29, 0.717) is 5.56 Å². The van der Waals surface area contributed by atoms with Crippen molar-refractivity contribution in [1.29, 1.82) is 0 Å². The summed E-state index contributed by atoms with van der Waals surface area (Å²) in [5, 5.41) is 8.25. The number of rotatable bonds is 6. The van der Waals surface area contributed by atoms with Gasteiger partial charge >= 0.3 is 12.1 Å². The standard InChI is InChI=1S/C21H17F3N4O4/c1-13-18(19(25)32-27-13)20(30)31-12-17(29)28(26-11-14-6-3-2-4-7-14)16-9-5-8-15(10-16)21(22,23)24/h2-11H,12,25H2,1H3/b26-11+. The molecule has 3 aromatic rings. The molecule has 3 rings (SSSR count). The van der Waals surface area contributed by atoms with Gasteiger partial charge in [-0.25, -0.2) is 4.79 Å². The van der Waals surface area contributed by atoms with Crippen molar-refractivity contribution in [3.63, 3.8) is 0 Å². The summed E-state index contributed by atoms with van der Waals surface area (Å²) in [4.78, 5) is 25.0. The van der Waals surface area contributed by atoms with Crippen LogP contribution in [0.3, 0.4) is 0 Å². The molecule has 2 N–H and O–H groups in total. The third-order valence-electron chi connectivity index (χ3n) is 4.20. The Kier molecular flexibility index (Phi) is 6.57. The number of aromatic nitrogens is 1. The first-order chi connectivity index (χ1) is 15.2. The molecule has 0 bridgehead atoms. The van der Waals surface area contributed by atoms with E-state index < -0.39 is 30.2 Å². The molecule has 0 aliphatic rings. The molecule has 0 spiro atoms. The molecule has 11 heteroatoms. The summed E-state index contributed by atoms with van der Waals surface area (Å²) in [5.74, 6) is -2.14. The van der Waals surface area contributed by atoms with Crippen LogP contribution in [0.5, 0.6) is 0 Å². The van der Waals surface area contributed by atoms with Gasteiger partial charge < -0.3 is 15.0 Å². The fraction of sp³-hybridized carbons (Fsp3) is 0.143. The first-order valence-corrected chi connectivity index (χ1v) is 9.15. The first-order valence-electron chi connectivity index (χ1n) is 9.15. The molecule has 0 saturated heterocycles. The highest BCUT2D eigenvalue weighted by Crippen LogP contribution is 2.32. The number of amides is 1. The van der Waals surface area contributed by atoms with E-state index in [1.165, 1.54) is 19.2 Å². The van der Waals surface area contributed by atoms with E-state index >= 15 is 0 Å². The minimum Gasteiger partial charge on any atom is -0.452 e. The van der Waals surface area contributed by atoms with Crippen LogP contribution in [0.2, 0.25) is 0 Å². The summed E-state index contributed by atoms with van der Waals surface area (Å²) in [7, 11) is 0. The Balaban J connectivity index is 1.86. The number of halogens is 3. The van der Waals surface area contributed by atoms with Crippen LogP contribution in [0.15, 0.2) is 64.2 Å². The van der Waals surface area contributed by atoms with Gasteiger partial charge in [-0.3, -0.25) is 4.79 Å². The molecule has 0 aliphatic heterocycles. The average molecular weight is 446 g/mol. The number of hydrogen-bond acceptors (Lipinski definition) is 7. The van der Waals surface area contributed by atoms with Gasteiger partial charge in [0.15, 0.2) is 6.61 Å². The van der Waals surface area contributed by atoms with E-state index in [9.17, 15) is 22.8 Å². The number of anilines is 2. The monoisotopic (exact) mass is 446 g/mol. The second-order valence-electron chi connectivity index (χ2n) is 6.49. The Morgan fingerprint density at radius 3 is 2.53 bits per heavy atom. The summed E-state index contributed by atoms with van der Waals surface area (Å²) >= 11 is 0. The van der Waals surface area contributed by atoms with Gasteiger partial charge in [0.2, 0.25) is 5.88 Å². The number of carbonyl (C=O) groups is 2. The van der Waals surface area contributed by atoms with Crippen molar-refractivity contribution in [2.24, 2.45) is 5.10 Å². The van der Waals surface area contributed by atoms with Crippen molar-refractivity contribution in [3.8, 4) is 0 Å². The molecular formula is C21H17F3N4O4. The molecule has 0 saturated carbocycles. The molecule has 166 valence electrons. The second kappa shape index (κ2) is 9.33. The Labute approximate surface area is 180 Å². The van der Waals surface area contributed by atoms with E-state index in [1.54, 1.807) is 30.3 Å². The van der Waals surface area contributed by atoms with Crippen LogP contribution in [0.1, 0.15) is 27.2 Å². The number of carbonyl (C=O) groups excluding carboxylic acids is 2. The number of esters is 1. The van der Waals surface area contributed by atoms with Crippen molar-refractivity contribution in [2.75, 3.05) is 17.3 Å². The van der Waals surface area contributed by atoms with Gasteiger partial charge in [0.05, 0.1) is 23.2 Å².